The number of ether oxygens (including phenoxy) is 2. The molecule has 0 N–H and O–H groups in total. The highest BCUT2D eigenvalue weighted by Gasteiger charge is 2.45. The number of carbonyl (C=O) groups is 2. The van der Waals surface area contributed by atoms with Crippen LogP contribution in [0, 0.1) is 5.92 Å². The van der Waals surface area contributed by atoms with Gasteiger partial charge in [-0.2, -0.15) is 0 Å². The minimum Gasteiger partial charge on any atom is -0.456 e. The van der Waals surface area contributed by atoms with Crippen LogP contribution in [0.4, 0.5) is 4.79 Å². The Balaban J connectivity index is 1.40. The highest BCUT2D eigenvalue weighted by atomic mass is 16.6. The molecule has 0 spiro atoms. The van der Waals surface area contributed by atoms with Gasteiger partial charge in [0.1, 0.15) is 16.8 Å². The number of amides is 1. The lowest BCUT2D eigenvalue weighted by Gasteiger charge is -2.47. The number of hydrogen-bond acceptors (Lipinski definition) is 5. The van der Waals surface area contributed by atoms with Gasteiger partial charge in [-0.15, -0.1) is 0 Å². The number of Topliss-reactive ketones (excluding diaryl/α,β-unsaturated/α-hetero) is 1. The van der Waals surface area contributed by atoms with E-state index in [9.17, 15) is 9.59 Å². The second-order valence-corrected chi connectivity index (χ2v) is 9.57. The maximum atomic E-state index is 13.4. The van der Waals surface area contributed by atoms with E-state index in [0.29, 0.717) is 31.6 Å². The number of benzene rings is 2. The molecule has 162 valence electrons. The van der Waals surface area contributed by atoms with E-state index in [-0.39, 0.29) is 29.9 Å². The third kappa shape index (κ3) is 3.69. The maximum absolute atomic E-state index is 13.4. The molecule has 2 saturated heterocycles. The molecule has 2 bridgehead atoms. The fourth-order valence-corrected chi connectivity index (χ4v) is 4.86. The van der Waals surface area contributed by atoms with Crippen LogP contribution in [0.2, 0.25) is 0 Å². The summed E-state index contributed by atoms with van der Waals surface area (Å²) in [4.78, 5) is 28.0. The van der Waals surface area contributed by atoms with Gasteiger partial charge in [-0.1, -0.05) is 18.2 Å². The summed E-state index contributed by atoms with van der Waals surface area (Å²) in [5.74, 6) is -0.0267. The summed E-state index contributed by atoms with van der Waals surface area (Å²) in [6.07, 6.45) is 0.848. The molecule has 2 aromatic carbocycles. The number of rotatable bonds is 2. The molecule has 0 radical (unpaired) electrons. The fourth-order valence-electron chi connectivity index (χ4n) is 4.86. The number of piperidine rings is 1. The van der Waals surface area contributed by atoms with E-state index in [1.165, 1.54) is 0 Å². The first-order chi connectivity index (χ1) is 14.8. The monoisotopic (exact) mass is 421 g/mol. The topological polar surface area (TPSA) is 69.0 Å². The number of nitrogens with zero attached hydrogens (tertiary/aromatic N) is 1. The molecule has 3 heterocycles. The summed E-state index contributed by atoms with van der Waals surface area (Å²) >= 11 is 0. The maximum Gasteiger partial charge on any atom is 0.410 e. The Bertz CT molecular complexity index is 1140. The zero-order chi connectivity index (χ0) is 21.8. The summed E-state index contributed by atoms with van der Waals surface area (Å²) in [6, 6.07) is 13.2. The second kappa shape index (κ2) is 7.38. The molecule has 2 aliphatic rings. The van der Waals surface area contributed by atoms with Crippen LogP contribution in [0.15, 0.2) is 46.9 Å². The molecular weight excluding hydrogens is 394 g/mol. The first-order valence-corrected chi connectivity index (χ1v) is 10.8. The SMILES string of the molecule is CC(C)(C)OC(=O)N1C2COCC1CC(C(=O)c1ccc3oc4ccccc4c3c1)C2. The molecule has 2 unspecified atom stereocenters. The minimum atomic E-state index is -0.554. The summed E-state index contributed by atoms with van der Waals surface area (Å²) in [5.41, 5.74) is 1.73. The van der Waals surface area contributed by atoms with E-state index in [1.807, 2.05) is 63.2 Å². The summed E-state index contributed by atoms with van der Waals surface area (Å²) in [7, 11) is 0. The average molecular weight is 421 g/mol. The molecule has 0 saturated carbocycles. The van der Waals surface area contributed by atoms with E-state index < -0.39 is 5.60 Å². The third-order valence-corrected chi connectivity index (χ3v) is 6.16. The average Bonchev–Trinajstić information content (AvgIpc) is 3.09. The Morgan fingerprint density at radius 1 is 0.968 bits per heavy atom. The van der Waals surface area contributed by atoms with E-state index in [4.69, 9.17) is 13.9 Å². The van der Waals surface area contributed by atoms with Crippen molar-refractivity contribution in [3.63, 3.8) is 0 Å². The second-order valence-electron chi connectivity index (χ2n) is 9.57. The van der Waals surface area contributed by atoms with Crippen LogP contribution in [-0.4, -0.2) is 47.7 Å². The predicted octanol–water partition coefficient (Wildman–Crippen LogP) is 5.18. The molecule has 2 fully saturated rings. The van der Waals surface area contributed by atoms with Crippen molar-refractivity contribution in [1.29, 1.82) is 0 Å². The summed E-state index contributed by atoms with van der Waals surface area (Å²) < 4.78 is 17.2. The quantitative estimate of drug-likeness (QED) is 0.533. The Labute approximate surface area is 181 Å². The molecule has 1 aromatic heterocycles. The molecule has 31 heavy (non-hydrogen) atoms. The van der Waals surface area contributed by atoms with Crippen molar-refractivity contribution >= 4 is 33.8 Å². The van der Waals surface area contributed by atoms with E-state index in [1.54, 1.807) is 4.90 Å². The Hall–Kier alpha value is -2.86. The standard InChI is InChI=1S/C25H27NO5/c1-25(2,3)31-24(28)26-17-10-16(11-18(26)14-29-13-17)23(27)15-8-9-22-20(12-15)19-6-4-5-7-21(19)30-22/h4-9,12,16-18H,10-11,13-14H2,1-3H3. The van der Waals surface area contributed by atoms with Gasteiger partial charge in [0.15, 0.2) is 5.78 Å². The lowest BCUT2D eigenvalue weighted by Crippen LogP contribution is -2.60. The number of hydrogen-bond donors (Lipinski definition) is 0. The van der Waals surface area contributed by atoms with E-state index in [2.05, 4.69) is 0 Å². The van der Waals surface area contributed by atoms with E-state index >= 15 is 0 Å². The van der Waals surface area contributed by atoms with Gasteiger partial charge in [-0.3, -0.25) is 9.69 Å². The molecule has 3 aromatic rings. The van der Waals surface area contributed by atoms with Gasteiger partial charge in [-0.25, -0.2) is 4.79 Å². The number of morpholine rings is 1. The molecule has 5 rings (SSSR count). The van der Waals surface area contributed by atoms with Crippen molar-refractivity contribution < 1.29 is 23.5 Å². The highest BCUT2D eigenvalue weighted by Crippen LogP contribution is 2.36. The molecule has 2 atom stereocenters. The van der Waals surface area contributed by atoms with Gasteiger partial charge in [0.2, 0.25) is 0 Å². The Kier molecular flexibility index (Phi) is 4.77. The summed E-state index contributed by atoms with van der Waals surface area (Å²) in [5, 5.41) is 1.97. The number of ketones is 1. The predicted molar refractivity (Wildman–Crippen MR) is 117 cm³/mol. The van der Waals surface area contributed by atoms with Crippen molar-refractivity contribution in [2.75, 3.05) is 13.2 Å². The van der Waals surface area contributed by atoms with Crippen molar-refractivity contribution in [2.24, 2.45) is 5.92 Å². The molecular formula is C25H27NO5. The van der Waals surface area contributed by atoms with Gasteiger partial charge in [0.25, 0.3) is 0 Å². The molecule has 6 nitrogen and oxygen atoms in total. The van der Waals surface area contributed by atoms with Crippen molar-refractivity contribution in [3.05, 3.63) is 48.0 Å². The molecule has 1 amide bonds. The minimum absolute atomic E-state index is 0.118. The summed E-state index contributed by atoms with van der Waals surface area (Å²) in [6.45, 7) is 6.46. The first-order valence-electron chi connectivity index (χ1n) is 10.8. The van der Waals surface area contributed by atoms with Crippen LogP contribution < -0.4 is 0 Å². The lowest BCUT2D eigenvalue weighted by atomic mass is 9.80. The zero-order valence-corrected chi connectivity index (χ0v) is 18.1. The van der Waals surface area contributed by atoms with Crippen LogP contribution in [-0.2, 0) is 9.47 Å². The molecule has 2 aliphatic heterocycles. The third-order valence-electron chi connectivity index (χ3n) is 6.16. The van der Waals surface area contributed by atoms with Gasteiger partial charge in [0, 0.05) is 22.3 Å². The van der Waals surface area contributed by atoms with Crippen molar-refractivity contribution in [2.45, 2.75) is 51.3 Å². The molecule has 0 aliphatic carbocycles. The fraction of sp³-hybridized carbons (Fsp3) is 0.440. The van der Waals surface area contributed by atoms with Gasteiger partial charge < -0.3 is 13.9 Å². The Morgan fingerprint density at radius 2 is 1.65 bits per heavy atom. The normalized spacial score (nSPS) is 23.8. The van der Waals surface area contributed by atoms with Crippen LogP contribution in [0.3, 0.4) is 0 Å². The van der Waals surface area contributed by atoms with Gasteiger partial charge >= 0.3 is 6.09 Å². The smallest absolute Gasteiger partial charge is 0.410 e. The van der Waals surface area contributed by atoms with Crippen LogP contribution in [0.25, 0.3) is 21.9 Å². The van der Waals surface area contributed by atoms with Gasteiger partial charge in [-0.05, 0) is 57.9 Å². The molecule has 6 heteroatoms. The number of para-hydroxylation sites is 1. The van der Waals surface area contributed by atoms with Gasteiger partial charge in [0.05, 0.1) is 25.3 Å². The zero-order valence-electron chi connectivity index (χ0n) is 18.1. The van der Waals surface area contributed by atoms with E-state index in [0.717, 1.165) is 21.9 Å². The number of carbonyl (C=O) groups excluding carboxylic acids is 2. The lowest BCUT2D eigenvalue weighted by molar-refractivity contribution is -0.0861. The Morgan fingerprint density at radius 3 is 2.35 bits per heavy atom. The largest absolute Gasteiger partial charge is 0.456 e. The van der Waals surface area contributed by atoms with Crippen LogP contribution in [0.1, 0.15) is 44.0 Å². The number of furan rings is 1. The van der Waals surface area contributed by atoms with Crippen molar-refractivity contribution in [3.8, 4) is 0 Å². The van der Waals surface area contributed by atoms with Crippen LogP contribution >= 0.6 is 0 Å². The first kappa shape index (κ1) is 20.1. The van der Waals surface area contributed by atoms with Crippen LogP contribution in [0.5, 0.6) is 0 Å². The van der Waals surface area contributed by atoms with Crippen molar-refractivity contribution in [1.82, 2.24) is 4.90 Å². The highest BCUT2D eigenvalue weighted by molar-refractivity contribution is 6.09. The number of fused-ring (bicyclic) bond motifs is 5.